The van der Waals surface area contributed by atoms with Gasteiger partial charge >= 0.3 is 11.9 Å². The maximum atomic E-state index is 13.0. The Balaban J connectivity index is 1.30. The molecule has 1 aliphatic heterocycles. The van der Waals surface area contributed by atoms with Gasteiger partial charge in [0.2, 0.25) is 0 Å². The highest BCUT2D eigenvalue weighted by Crippen LogP contribution is 2.76. The Morgan fingerprint density at radius 3 is 2.13 bits per heavy atom. The second-order valence-corrected chi connectivity index (χ2v) is 18.1. The quantitative estimate of drug-likeness (QED) is 0.167. The van der Waals surface area contributed by atoms with Crippen molar-refractivity contribution in [2.24, 2.45) is 50.2 Å². The van der Waals surface area contributed by atoms with E-state index in [0.29, 0.717) is 31.6 Å². The molecule has 266 valence electrons. The third-order valence-corrected chi connectivity index (χ3v) is 15.5. The number of carbonyl (C=O) groups is 2. The van der Waals surface area contributed by atoms with Crippen molar-refractivity contribution in [3.63, 3.8) is 0 Å². The van der Waals surface area contributed by atoms with E-state index in [2.05, 4.69) is 54.5 Å². The molecule has 0 bridgehead atoms. The molecule has 6 rings (SSSR count). The van der Waals surface area contributed by atoms with Crippen molar-refractivity contribution in [2.45, 2.75) is 149 Å². The minimum atomic E-state index is -1.64. The van der Waals surface area contributed by atoms with Crippen molar-refractivity contribution in [2.75, 3.05) is 7.11 Å². The van der Waals surface area contributed by atoms with Gasteiger partial charge in [-0.1, -0.05) is 60.1 Å². The number of carboxylic acid groups (broad SMARTS) is 1. The first kappa shape index (κ1) is 35.3. The number of methoxy groups -OCH3 is 1. The molecule has 0 aromatic rings. The smallest absolute Gasteiger partial charge is 0.337 e. The van der Waals surface area contributed by atoms with Crippen molar-refractivity contribution < 1.29 is 49.3 Å². The molecule has 4 saturated carbocycles. The van der Waals surface area contributed by atoms with E-state index < -0.39 is 60.1 Å². The van der Waals surface area contributed by atoms with Gasteiger partial charge in [-0.15, -0.1) is 0 Å². The lowest BCUT2D eigenvalue weighted by Crippen LogP contribution is -2.67. The number of hydrogen-bond donors (Lipinski definition) is 5. The highest BCUT2D eigenvalue weighted by molar-refractivity contribution is 5.77. The molecule has 6 aliphatic rings. The summed E-state index contributed by atoms with van der Waals surface area (Å²) in [5.41, 5.74) is -0.832. The zero-order valence-corrected chi connectivity index (χ0v) is 29.5. The summed E-state index contributed by atoms with van der Waals surface area (Å²) in [6.07, 6.45) is 0.700. The van der Waals surface area contributed by atoms with Crippen LogP contribution in [-0.2, 0) is 23.8 Å². The topological polar surface area (TPSA) is 163 Å². The summed E-state index contributed by atoms with van der Waals surface area (Å²) in [6, 6.07) is 0. The third-order valence-electron chi connectivity index (χ3n) is 15.5. The molecule has 10 heteroatoms. The molecule has 10 nitrogen and oxygen atoms in total. The number of aliphatic carboxylic acids is 1. The lowest BCUT2D eigenvalue weighted by atomic mass is 9.33. The SMILES string of the molecule is COC(=O)[C@H]1O[C@@H](O[C@H]2CC[C@]3(C)[C@H]4CC=C5[C@@H]6[C@H](O)C(C)(C)CC[C@]6(C(=O)O)CC[C@@]5(C)[C@]4(C)CC[C@H]3C2(C)C)[C@H](O)[C@@H](O)[C@@H]1O. The standard InChI is InChI=1S/C37H58O10/c1-32(2)15-17-37(31(43)44)18-16-35(6)19(23(37)28(32)41)9-10-21-34(5)13-12-22(33(3,4)20(34)11-14-36(21,35)7)46-30-26(40)24(38)25(39)27(47-30)29(42)45-8/h9,20-28,30,38-41H,10-18H2,1-8H3,(H,43,44)/t20-,21+,22-,23+,24-,25-,26+,27-,28-,30+,34-,35+,36+,37-/m0/s1. The molecule has 14 atom stereocenters. The minimum Gasteiger partial charge on any atom is -0.481 e. The van der Waals surface area contributed by atoms with E-state index in [4.69, 9.17) is 14.2 Å². The van der Waals surface area contributed by atoms with Crippen LogP contribution in [-0.4, -0.2) is 87.5 Å². The number of rotatable bonds is 4. The zero-order chi connectivity index (χ0) is 34.7. The van der Waals surface area contributed by atoms with Gasteiger partial charge in [0.15, 0.2) is 12.4 Å². The van der Waals surface area contributed by atoms with Gasteiger partial charge in [0, 0.05) is 5.92 Å². The van der Waals surface area contributed by atoms with Gasteiger partial charge < -0.3 is 39.7 Å². The molecule has 5 fully saturated rings. The van der Waals surface area contributed by atoms with Crippen molar-refractivity contribution in [3.05, 3.63) is 11.6 Å². The fourth-order valence-corrected chi connectivity index (χ4v) is 12.3. The number of fused-ring (bicyclic) bond motifs is 7. The van der Waals surface area contributed by atoms with Crippen molar-refractivity contribution in [1.82, 2.24) is 0 Å². The number of aliphatic hydroxyl groups is 4. The lowest BCUT2D eigenvalue weighted by Gasteiger charge is -2.71. The third kappa shape index (κ3) is 4.70. The Labute approximate surface area is 279 Å². The van der Waals surface area contributed by atoms with E-state index in [-0.39, 0.29) is 39.1 Å². The van der Waals surface area contributed by atoms with Crippen LogP contribution >= 0.6 is 0 Å². The number of aliphatic hydroxyl groups excluding tert-OH is 4. The zero-order valence-electron chi connectivity index (χ0n) is 29.5. The second-order valence-electron chi connectivity index (χ2n) is 18.1. The molecule has 0 aromatic heterocycles. The van der Waals surface area contributed by atoms with Crippen LogP contribution < -0.4 is 0 Å². The van der Waals surface area contributed by atoms with Gasteiger partial charge in [0.1, 0.15) is 18.3 Å². The fraction of sp³-hybridized carbons (Fsp3) is 0.892. The first-order chi connectivity index (χ1) is 21.7. The van der Waals surface area contributed by atoms with E-state index in [9.17, 15) is 35.1 Å². The molecule has 0 radical (unpaired) electrons. The summed E-state index contributed by atoms with van der Waals surface area (Å²) >= 11 is 0. The largest absolute Gasteiger partial charge is 0.481 e. The number of hydrogen-bond acceptors (Lipinski definition) is 9. The molecule has 5 N–H and O–H groups in total. The van der Waals surface area contributed by atoms with Gasteiger partial charge in [-0.3, -0.25) is 4.79 Å². The Morgan fingerprint density at radius 1 is 0.830 bits per heavy atom. The van der Waals surface area contributed by atoms with Crippen LogP contribution in [0.25, 0.3) is 0 Å². The molecule has 1 heterocycles. The highest BCUT2D eigenvalue weighted by atomic mass is 16.7. The minimum absolute atomic E-state index is 0.0521. The van der Waals surface area contributed by atoms with Gasteiger partial charge in [0.25, 0.3) is 0 Å². The summed E-state index contributed by atoms with van der Waals surface area (Å²) in [5, 5.41) is 54.2. The van der Waals surface area contributed by atoms with Gasteiger partial charge in [-0.25, -0.2) is 4.79 Å². The number of carbonyl (C=O) groups excluding carboxylic acids is 1. The Bertz CT molecular complexity index is 1310. The van der Waals surface area contributed by atoms with E-state index >= 15 is 0 Å². The molecule has 0 spiro atoms. The molecule has 0 aromatic carbocycles. The summed E-state index contributed by atoms with van der Waals surface area (Å²) < 4.78 is 16.9. The first-order valence-electron chi connectivity index (χ1n) is 17.8. The van der Waals surface area contributed by atoms with Crippen LogP contribution in [0.5, 0.6) is 0 Å². The molecular formula is C37H58O10. The van der Waals surface area contributed by atoms with E-state index in [1.165, 1.54) is 12.7 Å². The van der Waals surface area contributed by atoms with Gasteiger partial charge in [-0.2, -0.15) is 0 Å². The predicted octanol–water partition coefficient (Wildman–Crippen LogP) is 4.21. The molecule has 47 heavy (non-hydrogen) atoms. The summed E-state index contributed by atoms with van der Waals surface area (Å²) in [6.45, 7) is 15.8. The van der Waals surface area contributed by atoms with Crippen molar-refractivity contribution >= 4 is 11.9 Å². The Morgan fingerprint density at radius 2 is 1.49 bits per heavy atom. The number of carboxylic acids is 1. The summed E-state index contributed by atoms with van der Waals surface area (Å²) in [5.74, 6) is -1.40. The molecule has 0 unspecified atom stereocenters. The molecule has 0 amide bonds. The Hall–Kier alpha value is -1.56. The Kier molecular flexibility index (Phi) is 8.42. The van der Waals surface area contributed by atoms with Gasteiger partial charge in [0.05, 0.1) is 24.7 Å². The maximum Gasteiger partial charge on any atom is 0.337 e. The summed E-state index contributed by atoms with van der Waals surface area (Å²) in [4.78, 5) is 25.3. The average Bonchev–Trinajstić information content (AvgIpc) is 3.00. The number of esters is 1. The monoisotopic (exact) mass is 662 g/mol. The van der Waals surface area contributed by atoms with E-state index in [1.807, 2.05) is 0 Å². The van der Waals surface area contributed by atoms with E-state index in [1.54, 1.807) is 0 Å². The van der Waals surface area contributed by atoms with Crippen molar-refractivity contribution in [1.29, 1.82) is 0 Å². The van der Waals surface area contributed by atoms with Gasteiger partial charge in [-0.05, 0) is 96.7 Å². The average molecular weight is 663 g/mol. The predicted molar refractivity (Wildman–Crippen MR) is 172 cm³/mol. The maximum absolute atomic E-state index is 13.0. The van der Waals surface area contributed by atoms with Crippen LogP contribution in [0.15, 0.2) is 11.6 Å². The number of allylic oxidation sites excluding steroid dienone is 1. The molecular weight excluding hydrogens is 604 g/mol. The highest BCUT2D eigenvalue weighted by Gasteiger charge is 2.71. The normalized spacial score (nSPS) is 51.7. The van der Waals surface area contributed by atoms with Crippen LogP contribution in [0.4, 0.5) is 0 Å². The lowest BCUT2D eigenvalue weighted by molar-refractivity contribution is -0.324. The van der Waals surface area contributed by atoms with Crippen LogP contribution in [0.3, 0.4) is 0 Å². The molecule has 1 saturated heterocycles. The number of ether oxygens (including phenoxy) is 3. The van der Waals surface area contributed by atoms with Crippen LogP contribution in [0, 0.1) is 50.2 Å². The summed E-state index contributed by atoms with van der Waals surface area (Å²) in [7, 11) is 1.17. The van der Waals surface area contributed by atoms with Crippen molar-refractivity contribution in [3.8, 4) is 0 Å². The molecule has 5 aliphatic carbocycles. The van der Waals surface area contributed by atoms with Crippen LogP contribution in [0.1, 0.15) is 106 Å². The first-order valence-corrected chi connectivity index (χ1v) is 17.8. The second kappa shape index (κ2) is 11.2. The van der Waals surface area contributed by atoms with E-state index in [0.717, 1.165) is 32.1 Å². The fourth-order valence-electron chi connectivity index (χ4n) is 12.3. The van der Waals surface area contributed by atoms with Crippen LogP contribution in [0.2, 0.25) is 0 Å².